The molecule has 0 spiro atoms. The Morgan fingerprint density at radius 2 is 1.79 bits per heavy atom. The van der Waals surface area contributed by atoms with E-state index in [-0.39, 0.29) is 11.8 Å². The third-order valence-electron chi connectivity index (χ3n) is 4.56. The molecule has 1 aromatic rings. The zero-order valence-corrected chi connectivity index (χ0v) is 14.8. The van der Waals surface area contributed by atoms with Crippen molar-refractivity contribution < 1.29 is 9.59 Å². The van der Waals surface area contributed by atoms with Gasteiger partial charge in [0.05, 0.1) is 6.54 Å². The maximum absolute atomic E-state index is 12.2. The van der Waals surface area contributed by atoms with Crippen LogP contribution in [0.4, 0.5) is 5.69 Å². The van der Waals surface area contributed by atoms with Gasteiger partial charge >= 0.3 is 0 Å². The Bertz CT molecular complexity index is 536. The summed E-state index contributed by atoms with van der Waals surface area (Å²) in [5.74, 6) is -0.0852. The number of nitrogens with one attached hydrogen (secondary N) is 2. The van der Waals surface area contributed by atoms with E-state index in [0.29, 0.717) is 24.7 Å². The first-order chi connectivity index (χ1) is 11.6. The van der Waals surface area contributed by atoms with Gasteiger partial charge in [0.15, 0.2) is 0 Å². The molecule has 0 atom stereocenters. The first-order valence-electron chi connectivity index (χ1n) is 8.98. The summed E-state index contributed by atoms with van der Waals surface area (Å²) in [5, 5.41) is 5.75. The normalized spacial score (nSPS) is 15.3. The van der Waals surface area contributed by atoms with E-state index in [2.05, 4.69) is 15.5 Å². The second-order valence-corrected chi connectivity index (χ2v) is 6.59. The summed E-state index contributed by atoms with van der Waals surface area (Å²) in [5.41, 5.74) is 1.34. The van der Waals surface area contributed by atoms with E-state index >= 15 is 0 Å². The SMILES string of the molecule is CCCNC(=O)c1ccc(NC(=O)CN(C)C2CCCCC2)cc1. The van der Waals surface area contributed by atoms with Crippen molar-refractivity contribution in [3.8, 4) is 0 Å². The van der Waals surface area contributed by atoms with E-state index in [9.17, 15) is 9.59 Å². The number of carbonyl (C=O) groups is 2. The number of benzene rings is 1. The summed E-state index contributed by atoms with van der Waals surface area (Å²) < 4.78 is 0. The van der Waals surface area contributed by atoms with Crippen molar-refractivity contribution in [1.82, 2.24) is 10.2 Å². The number of amides is 2. The van der Waals surface area contributed by atoms with Crippen molar-refractivity contribution in [1.29, 1.82) is 0 Å². The van der Waals surface area contributed by atoms with Crippen LogP contribution in [-0.4, -0.2) is 42.9 Å². The minimum absolute atomic E-state index is 0.00809. The molecule has 1 aromatic carbocycles. The van der Waals surface area contributed by atoms with Gasteiger partial charge in [0, 0.05) is 23.8 Å². The highest BCUT2D eigenvalue weighted by molar-refractivity contribution is 5.96. The highest BCUT2D eigenvalue weighted by Gasteiger charge is 2.19. The first-order valence-corrected chi connectivity index (χ1v) is 8.98. The largest absolute Gasteiger partial charge is 0.352 e. The maximum atomic E-state index is 12.2. The molecule has 132 valence electrons. The average Bonchev–Trinajstić information content (AvgIpc) is 2.61. The summed E-state index contributed by atoms with van der Waals surface area (Å²) in [7, 11) is 2.02. The molecule has 0 bridgehead atoms. The van der Waals surface area contributed by atoms with Gasteiger partial charge in [-0.2, -0.15) is 0 Å². The Kier molecular flexibility index (Phi) is 7.25. The number of anilines is 1. The van der Waals surface area contributed by atoms with Crippen LogP contribution in [0.3, 0.4) is 0 Å². The van der Waals surface area contributed by atoms with Crippen LogP contribution in [0.1, 0.15) is 55.8 Å². The smallest absolute Gasteiger partial charge is 0.251 e. The van der Waals surface area contributed by atoms with Crippen LogP contribution in [-0.2, 0) is 4.79 Å². The van der Waals surface area contributed by atoms with Gasteiger partial charge in [-0.25, -0.2) is 0 Å². The lowest BCUT2D eigenvalue weighted by atomic mass is 9.94. The molecular weight excluding hydrogens is 302 g/mol. The standard InChI is InChI=1S/C19H29N3O2/c1-3-13-20-19(24)15-9-11-16(12-10-15)21-18(23)14-22(2)17-7-5-4-6-8-17/h9-12,17H,3-8,13-14H2,1-2H3,(H,20,24)(H,21,23). The highest BCUT2D eigenvalue weighted by atomic mass is 16.2. The van der Waals surface area contributed by atoms with Gasteiger partial charge in [0.25, 0.3) is 5.91 Å². The van der Waals surface area contributed by atoms with Crippen molar-refractivity contribution in [3.05, 3.63) is 29.8 Å². The molecule has 0 aromatic heterocycles. The summed E-state index contributed by atoms with van der Waals surface area (Å²) in [6.45, 7) is 3.09. The lowest BCUT2D eigenvalue weighted by molar-refractivity contribution is -0.117. The fraction of sp³-hybridized carbons (Fsp3) is 0.579. The topological polar surface area (TPSA) is 61.4 Å². The number of likely N-dealkylation sites (N-methyl/N-ethyl adjacent to an activating group) is 1. The van der Waals surface area contributed by atoms with Gasteiger partial charge in [0.1, 0.15) is 0 Å². The second kappa shape index (κ2) is 9.42. The summed E-state index contributed by atoms with van der Waals surface area (Å²) in [4.78, 5) is 26.2. The zero-order chi connectivity index (χ0) is 17.4. The van der Waals surface area contributed by atoms with Crippen LogP contribution in [0.25, 0.3) is 0 Å². The third-order valence-corrected chi connectivity index (χ3v) is 4.56. The van der Waals surface area contributed by atoms with E-state index in [1.807, 2.05) is 14.0 Å². The lowest BCUT2D eigenvalue weighted by Crippen LogP contribution is -2.39. The highest BCUT2D eigenvalue weighted by Crippen LogP contribution is 2.21. The van der Waals surface area contributed by atoms with E-state index in [4.69, 9.17) is 0 Å². The Hall–Kier alpha value is -1.88. The zero-order valence-electron chi connectivity index (χ0n) is 14.8. The summed E-state index contributed by atoms with van der Waals surface area (Å²) in [6.07, 6.45) is 7.12. The van der Waals surface area contributed by atoms with Crippen LogP contribution in [0.5, 0.6) is 0 Å². The van der Waals surface area contributed by atoms with Crippen molar-refractivity contribution in [3.63, 3.8) is 0 Å². The van der Waals surface area contributed by atoms with Crippen LogP contribution in [0.15, 0.2) is 24.3 Å². The van der Waals surface area contributed by atoms with Crippen LogP contribution in [0, 0.1) is 0 Å². The molecule has 2 amide bonds. The molecule has 0 unspecified atom stereocenters. The van der Waals surface area contributed by atoms with Gasteiger partial charge in [-0.1, -0.05) is 26.2 Å². The van der Waals surface area contributed by atoms with E-state index < -0.39 is 0 Å². The quantitative estimate of drug-likeness (QED) is 0.807. The predicted octanol–water partition coefficient (Wildman–Crippen LogP) is 3.03. The van der Waals surface area contributed by atoms with Crippen LogP contribution < -0.4 is 10.6 Å². The van der Waals surface area contributed by atoms with Gasteiger partial charge in [-0.05, 0) is 50.6 Å². The van der Waals surface area contributed by atoms with E-state index in [0.717, 1.165) is 12.1 Å². The molecule has 1 fully saturated rings. The van der Waals surface area contributed by atoms with Gasteiger partial charge in [0.2, 0.25) is 5.91 Å². The van der Waals surface area contributed by atoms with Crippen LogP contribution >= 0.6 is 0 Å². The average molecular weight is 331 g/mol. The monoisotopic (exact) mass is 331 g/mol. The van der Waals surface area contributed by atoms with E-state index in [1.54, 1.807) is 24.3 Å². The summed E-state index contributed by atoms with van der Waals surface area (Å²) in [6, 6.07) is 7.56. The van der Waals surface area contributed by atoms with Crippen molar-refractivity contribution >= 4 is 17.5 Å². The molecule has 1 saturated carbocycles. The number of rotatable bonds is 7. The van der Waals surface area contributed by atoms with Crippen molar-refractivity contribution in [2.24, 2.45) is 0 Å². The fourth-order valence-corrected chi connectivity index (χ4v) is 3.12. The molecule has 0 radical (unpaired) electrons. The van der Waals surface area contributed by atoms with Crippen molar-refractivity contribution in [2.75, 3.05) is 25.5 Å². The maximum Gasteiger partial charge on any atom is 0.251 e. The van der Waals surface area contributed by atoms with Gasteiger partial charge in [-0.3, -0.25) is 14.5 Å². The molecule has 0 heterocycles. The molecule has 24 heavy (non-hydrogen) atoms. The Morgan fingerprint density at radius 3 is 2.42 bits per heavy atom. The molecule has 5 nitrogen and oxygen atoms in total. The third kappa shape index (κ3) is 5.64. The molecule has 2 N–H and O–H groups in total. The van der Waals surface area contributed by atoms with Crippen molar-refractivity contribution in [2.45, 2.75) is 51.5 Å². The Morgan fingerprint density at radius 1 is 1.12 bits per heavy atom. The molecule has 0 aliphatic heterocycles. The molecular formula is C19H29N3O2. The minimum Gasteiger partial charge on any atom is -0.352 e. The number of hydrogen-bond donors (Lipinski definition) is 2. The van der Waals surface area contributed by atoms with Crippen LogP contribution in [0.2, 0.25) is 0 Å². The molecule has 2 rings (SSSR count). The number of nitrogens with zero attached hydrogens (tertiary/aromatic N) is 1. The summed E-state index contributed by atoms with van der Waals surface area (Å²) >= 11 is 0. The number of hydrogen-bond acceptors (Lipinski definition) is 3. The fourth-order valence-electron chi connectivity index (χ4n) is 3.12. The Labute approximate surface area is 144 Å². The molecule has 1 aliphatic rings. The molecule has 0 saturated heterocycles. The number of carbonyl (C=O) groups excluding carboxylic acids is 2. The van der Waals surface area contributed by atoms with Gasteiger partial charge < -0.3 is 10.6 Å². The van der Waals surface area contributed by atoms with Gasteiger partial charge in [-0.15, -0.1) is 0 Å². The molecule has 1 aliphatic carbocycles. The second-order valence-electron chi connectivity index (χ2n) is 6.59. The lowest BCUT2D eigenvalue weighted by Gasteiger charge is -2.30. The molecule has 5 heteroatoms. The van der Waals surface area contributed by atoms with E-state index in [1.165, 1.54) is 32.1 Å². The first kappa shape index (κ1) is 18.5. The predicted molar refractivity (Wildman–Crippen MR) is 97.2 cm³/mol. The minimum atomic E-state index is -0.0771. The Balaban J connectivity index is 1.81.